The van der Waals surface area contributed by atoms with Gasteiger partial charge >= 0.3 is 0 Å². The van der Waals surface area contributed by atoms with E-state index in [9.17, 15) is 4.21 Å². The zero-order valence-corrected chi connectivity index (χ0v) is 11.3. The van der Waals surface area contributed by atoms with Gasteiger partial charge < -0.3 is 5.32 Å². The van der Waals surface area contributed by atoms with Crippen LogP contribution in [0.3, 0.4) is 0 Å². The molecule has 0 aromatic carbocycles. The van der Waals surface area contributed by atoms with Gasteiger partial charge in [0.2, 0.25) is 0 Å². The number of allylic oxidation sites excluding steroid dienone is 1. The minimum absolute atomic E-state index is 0.0912. The van der Waals surface area contributed by atoms with Gasteiger partial charge in [-0.2, -0.15) is 0 Å². The van der Waals surface area contributed by atoms with E-state index in [1.54, 1.807) is 0 Å². The molecule has 0 fully saturated rings. The molecular weight excluding hydrogens is 206 g/mol. The summed E-state index contributed by atoms with van der Waals surface area (Å²) in [5.41, 5.74) is 0. The Morgan fingerprint density at radius 3 is 2.53 bits per heavy atom. The van der Waals surface area contributed by atoms with Crippen molar-refractivity contribution in [3.05, 3.63) is 12.7 Å². The maximum absolute atomic E-state index is 11.7. The van der Waals surface area contributed by atoms with Crippen molar-refractivity contribution < 1.29 is 4.21 Å². The molecular formula is C12H25NOS. The van der Waals surface area contributed by atoms with E-state index in [-0.39, 0.29) is 4.75 Å². The van der Waals surface area contributed by atoms with Crippen LogP contribution >= 0.6 is 0 Å². The fourth-order valence-corrected chi connectivity index (χ4v) is 2.09. The van der Waals surface area contributed by atoms with Gasteiger partial charge in [-0.1, -0.05) is 6.08 Å². The molecule has 1 N–H and O–H groups in total. The largest absolute Gasteiger partial charge is 0.313 e. The van der Waals surface area contributed by atoms with Crippen LogP contribution in [-0.4, -0.2) is 27.3 Å². The van der Waals surface area contributed by atoms with Crippen LogP contribution in [-0.2, 0) is 10.8 Å². The molecule has 0 radical (unpaired) electrons. The van der Waals surface area contributed by atoms with E-state index in [1.165, 1.54) is 0 Å². The van der Waals surface area contributed by atoms with Crippen LogP contribution in [0.2, 0.25) is 0 Å². The summed E-state index contributed by atoms with van der Waals surface area (Å²) >= 11 is 0. The summed E-state index contributed by atoms with van der Waals surface area (Å²) in [5.74, 6) is 0.738. The summed E-state index contributed by atoms with van der Waals surface area (Å²) in [7, 11) is -0.742. The minimum Gasteiger partial charge on any atom is -0.313 e. The van der Waals surface area contributed by atoms with Crippen molar-refractivity contribution in [2.75, 3.05) is 12.3 Å². The molecule has 2 nitrogen and oxygen atoms in total. The predicted molar refractivity (Wildman–Crippen MR) is 69.7 cm³/mol. The van der Waals surface area contributed by atoms with Crippen LogP contribution in [0.5, 0.6) is 0 Å². The lowest BCUT2D eigenvalue weighted by molar-refractivity contribution is 0.534. The zero-order chi connectivity index (χ0) is 11.9. The van der Waals surface area contributed by atoms with E-state index in [0.29, 0.717) is 6.04 Å². The molecule has 0 aliphatic carbocycles. The Morgan fingerprint density at radius 1 is 1.47 bits per heavy atom. The summed E-state index contributed by atoms with van der Waals surface area (Å²) < 4.78 is 11.6. The normalized spacial score (nSPS) is 16.0. The first-order valence-corrected chi connectivity index (χ1v) is 6.92. The SMILES string of the molecule is C=CCCC(C)NCCS(=O)C(C)(C)C. The zero-order valence-electron chi connectivity index (χ0n) is 10.5. The predicted octanol–water partition coefficient (Wildman–Crippen LogP) is 2.48. The third kappa shape index (κ3) is 7.74. The lowest BCUT2D eigenvalue weighted by Gasteiger charge is -2.19. The van der Waals surface area contributed by atoms with E-state index in [2.05, 4.69) is 18.8 Å². The van der Waals surface area contributed by atoms with Gasteiger partial charge in [-0.05, 0) is 40.5 Å². The molecule has 0 amide bonds. The second kappa shape index (κ2) is 7.18. The van der Waals surface area contributed by atoms with E-state index < -0.39 is 10.8 Å². The van der Waals surface area contributed by atoms with Crippen LogP contribution < -0.4 is 5.32 Å². The molecule has 90 valence electrons. The molecule has 0 aliphatic heterocycles. The molecule has 0 rings (SSSR count). The molecule has 0 saturated carbocycles. The fourth-order valence-electron chi connectivity index (χ4n) is 1.17. The Hall–Kier alpha value is -0.150. The van der Waals surface area contributed by atoms with Gasteiger partial charge in [0.25, 0.3) is 0 Å². The Kier molecular flexibility index (Phi) is 7.11. The first kappa shape index (κ1) is 14.8. The summed E-state index contributed by atoms with van der Waals surface area (Å²) in [6.45, 7) is 12.7. The van der Waals surface area contributed by atoms with Gasteiger partial charge in [-0.3, -0.25) is 4.21 Å². The second-order valence-electron chi connectivity index (χ2n) is 4.88. The standard InChI is InChI=1S/C12H25NOS/c1-6-7-8-11(2)13-9-10-15(14)12(3,4)5/h6,11,13H,1,7-10H2,2-5H3. The Labute approximate surface area is 97.0 Å². The third-order valence-corrected chi connectivity index (χ3v) is 4.21. The topological polar surface area (TPSA) is 29.1 Å². The first-order chi connectivity index (χ1) is 6.88. The molecule has 0 spiro atoms. The average Bonchev–Trinajstić information content (AvgIpc) is 2.13. The van der Waals surface area contributed by atoms with Crippen LogP contribution in [0.25, 0.3) is 0 Å². The highest BCUT2D eigenvalue weighted by Gasteiger charge is 2.18. The van der Waals surface area contributed by atoms with Crippen LogP contribution in [0, 0.1) is 0 Å². The van der Waals surface area contributed by atoms with Crippen molar-refractivity contribution in [3.8, 4) is 0 Å². The maximum atomic E-state index is 11.7. The van der Waals surface area contributed by atoms with Crippen molar-refractivity contribution in [2.45, 2.75) is 51.3 Å². The highest BCUT2D eigenvalue weighted by atomic mass is 32.2. The molecule has 15 heavy (non-hydrogen) atoms. The molecule has 2 unspecified atom stereocenters. The molecule has 0 aromatic heterocycles. The molecule has 2 atom stereocenters. The summed E-state index contributed by atoms with van der Waals surface area (Å²) in [6.07, 6.45) is 4.08. The number of hydrogen-bond acceptors (Lipinski definition) is 2. The quantitative estimate of drug-likeness (QED) is 0.682. The molecule has 0 heterocycles. The van der Waals surface area contributed by atoms with E-state index >= 15 is 0 Å². The molecule has 0 aromatic rings. The number of hydrogen-bond donors (Lipinski definition) is 1. The number of nitrogens with one attached hydrogen (secondary N) is 1. The van der Waals surface area contributed by atoms with Gasteiger partial charge in [-0.25, -0.2) is 0 Å². The van der Waals surface area contributed by atoms with Gasteiger partial charge in [0.15, 0.2) is 0 Å². The van der Waals surface area contributed by atoms with Crippen LogP contribution in [0.1, 0.15) is 40.5 Å². The highest BCUT2D eigenvalue weighted by molar-refractivity contribution is 7.86. The smallest absolute Gasteiger partial charge is 0.0375 e. The monoisotopic (exact) mass is 231 g/mol. The first-order valence-electron chi connectivity index (χ1n) is 5.60. The number of rotatable bonds is 7. The van der Waals surface area contributed by atoms with E-state index in [0.717, 1.165) is 25.1 Å². The van der Waals surface area contributed by atoms with Gasteiger partial charge in [0.05, 0.1) is 0 Å². The lowest BCUT2D eigenvalue weighted by atomic mass is 10.2. The minimum atomic E-state index is -0.742. The van der Waals surface area contributed by atoms with Crippen molar-refractivity contribution in [1.82, 2.24) is 5.32 Å². The Bertz CT molecular complexity index is 208. The van der Waals surface area contributed by atoms with Crippen molar-refractivity contribution in [2.24, 2.45) is 0 Å². The fraction of sp³-hybridized carbons (Fsp3) is 0.833. The summed E-state index contributed by atoms with van der Waals surface area (Å²) in [6, 6.07) is 0.486. The summed E-state index contributed by atoms with van der Waals surface area (Å²) in [5, 5.41) is 3.38. The van der Waals surface area contributed by atoms with Crippen LogP contribution in [0.4, 0.5) is 0 Å². The molecule has 0 bridgehead atoms. The van der Waals surface area contributed by atoms with E-state index in [1.807, 2.05) is 26.8 Å². The molecule has 0 aliphatic rings. The van der Waals surface area contributed by atoms with Crippen molar-refractivity contribution in [3.63, 3.8) is 0 Å². The maximum Gasteiger partial charge on any atom is 0.0375 e. The van der Waals surface area contributed by atoms with E-state index in [4.69, 9.17) is 0 Å². The Morgan fingerprint density at radius 2 is 2.07 bits per heavy atom. The Balaban J connectivity index is 3.61. The molecule has 3 heteroatoms. The highest BCUT2D eigenvalue weighted by Crippen LogP contribution is 2.10. The van der Waals surface area contributed by atoms with Gasteiger partial charge in [0.1, 0.15) is 0 Å². The van der Waals surface area contributed by atoms with Crippen LogP contribution in [0.15, 0.2) is 12.7 Å². The second-order valence-corrected chi connectivity index (χ2v) is 7.21. The third-order valence-electron chi connectivity index (χ3n) is 2.27. The lowest BCUT2D eigenvalue weighted by Crippen LogP contribution is -2.33. The van der Waals surface area contributed by atoms with Crippen molar-refractivity contribution in [1.29, 1.82) is 0 Å². The van der Waals surface area contributed by atoms with Gasteiger partial charge in [-0.15, -0.1) is 6.58 Å². The van der Waals surface area contributed by atoms with Gasteiger partial charge in [0, 0.05) is 33.9 Å². The summed E-state index contributed by atoms with van der Waals surface area (Å²) in [4.78, 5) is 0. The van der Waals surface area contributed by atoms with Crippen molar-refractivity contribution >= 4 is 10.8 Å². The molecule has 0 saturated heterocycles. The average molecular weight is 231 g/mol.